The highest BCUT2D eigenvalue weighted by Crippen LogP contribution is 2.28. The fourth-order valence-electron chi connectivity index (χ4n) is 3.34. The first kappa shape index (κ1) is 18.6. The molecule has 0 spiro atoms. The standard InChI is InChI=1S/C18H23N3O4S/c1-9(2)8-11(18(24)25-4)19-15(22)14-10(3)13-16(26-14)20-12-6-5-7-21(12)17(13)23/h9,11H,5-8H2,1-4H3,(H,19,22). The lowest BCUT2D eigenvalue weighted by molar-refractivity contribution is -0.143. The van der Waals surface area contributed by atoms with Gasteiger partial charge in [0.2, 0.25) is 0 Å². The minimum Gasteiger partial charge on any atom is -0.467 e. The Kier molecular flexibility index (Phi) is 5.13. The van der Waals surface area contributed by atoms with E-state index in [1.807, 2.05) is 13.8 Å². The highest BCUT2D eigenvalue weighted by atomic mass is 32.1. The number of amides is 1. The topological polar surface area (TPSA) is 90.3 Å². The second-order valence-electron chi connectivity index (χ2n) is 7.00. The molecule has 1 aliphatic heterocycles. The van der Waals surface area contributed by atoms with Gasteiger partial charge in [-0.05, 0) is 31.2 Å². The van der Waals surface area contributed by atoms with Crippen LogP contribution in [-0.4, -0.2) is 34.6 Å². The van der Waals surface area contributed by atoms with Crippen molar-refractivity contribution in [3.05, 3.63) is 26.6 Å². The second-order valence-corrected chi connectivity index (χ2v) is 8.00. The van der Waals surface area contributed by atoms with E-state index in [1.165, 1.54) is 18.4 Å². The lowest BCUT2D eigenvalue weighted by atomic mass is 10.0. The fraction of sp³-hybridized carbons (Fsp3) is 0.556. The lowest BCUT2D eigenvalue weighted by Gasteiger charge is -2.18. The molecule has 1 amide bonds. The number of carbonyl (C=O) groups is 2. The molecule has 0 bridgehead atoms. The Bertz CT molecular complexity index is 929. The predicted molar refractivity (Wildman–Crippen MR) is 99.7 cm³/mol. The Morgan fingerprint density at radius 1 is 1.38 bits per heavy atom. The number of hydrogen-bond acceptors (Lipinski definition) is 6. The third kappa shape index (κ3) is 3.25. The molecular weight excluding hydrogens is 354 g/mol. The summed E-state index contributed by atoms with van der Waals surface area (Å²) in [6.07, 6.45) is 2.18. The molecule has 0 aliphatic carbocycles. The van der Waals surface area contributed by atoms with E-state index in [0.717, 1.165) is 18.7 Å². The van der Waals surface area contributed by atoms with Crippen molar-refractivity contribution in [2.75, 3.05) is 7.11 Å². The first-order valence-corrected chi connectivity index (χ1v) is 9.56. The summed E-state index contributed by atoms with van der Waals surface area (Å²) in [5.41, 5.74) is 0.539. The third-order valence-corrected chi connectivity index (χ3v) is 5.80. The van der Waals surface area contributed by atoms with Gasteiger partial charge in [-0.2, -0.15) is 0 Å². The molecule has 26 heavy (non-hydrogen) atoms. The van der Waals surface area contributed by atoms with Crippen molar-refractivity contribution < 1.29 is 14.3 Å². The number of ether oxygens (including phenoxy) is 1. The van der Waals surface area contributed by atoms with Crippen molar-refractivity contribution in [2.24, 2.45) is 5.92 Å². The molecule has 7 nitrogen and oxygen atoms in total. The van der Waals surface area contributed by atoms with E-state index >= 15 is 0 Å². The molecule has 1 unspecified atom stereocenters. The molecule has 0 aromatic carbocycles. The van der Waals surface area contributed by atoms with Gasteiger partial charge in [-0.1, -0.05) is 13.8 Å². The summed E-state index contributed by atoms with van der Waals surface area (Å²) in [7, 11) is 1.30. The SMILES string of the molecule is COC(=O)C(CC(C)C)NC(=O)c1sc2nc3n(c(=O)c2c1C)CCC3. The van der Waals surface area contributed by atoms with Crippen molar-refractivity contribution in [3.63, 3.8) is 0 Å². The average Bonchev–Trinajstić information content (AvgIpc) is 3.18. The summed E-state index contributed by atoms with van der Waals surface area (Å²) in [5, 5.41) is 3.26. The van der Waals surface area contributed by atoms with Gasteiger partial charge in [0.15, 0.2) is 0 Å². The summed E-state index contributed by atoms with van der Waals surface area (Å²) in [4.78, 5) is 43.0. The van der Waals surface area contributed by atoms with Crippen LogP contribution in [0.3, 0.4) is 0 Å². The summed E-state index contributed by atoms with van der Waals surface area (Å²) >= 11 is 1.20. The van der Waals surface area contributed by atoms with E-state index in [9.17, 15) is 14.4 Å². The molecular formula is C18H23N3O4S. The Morgan fingerprint density at radius 3 is 2.77 bits per heavy atom. The van der Waals surface area contributed by atoms with Crippen molar-refractivity contribution >= 4 is 33.4 Å². The molecule has 2 aromatic rings. The molecule has 0 radical (unpaired) electrons. The quantitative estimate of drug-likeness (QED) is 0.805. The van der Waals surface area contributed by atoms with Crippen LogP contribution in [0.2, 0.25) is 0 Å². The smallest absolute Gasteiger partial charge is 0.328 e. The van der Waals surface area contributed by atoms with Gasteiger partial charge in [0.25, 0.3) is 11.5 Å². The number of thiophene rings is 1. The number of nitrogens with zero attached hydrogens (tertiary/aromatic N) is 2. The number of aromatic nitrogens is 2. The number of rotatable bonds is 5. The minimum atomic E-state index is -0.712. The maximum absolute atomic E-state index is 12.8. The van der Waals surface area contributed by atoms with Gasteiger partial charge in [0.05, 0.1) is 17.4 Å². The largest absolute Gasteiger partial charge is 0.467 e. The Balaban J connectivity index is 1.96. The Labute approximate surface area is 155 Å². The molecule has 140 valence electrons. The maximum atomic E-state index is 12.8. The normalized spacial score (nSPS) is 14.5. The van der Waals surface area contributed by atoms with Gasteiger partial charge in [-0.25, -0.2) is 9.78 Å². The summed E-state index contributed by atoms with van der Waals surface area (Å²) in [5.74, 6) is 0.161. The summed E-state index contributed by atoms with van der Waals surface area (Å²) < 4.78 is 6.49. The van der Waals surface area contributed by atoms with Gasteiger partial charge in [-0.3, -0.25) is 14.2 Å². The fourth-order valence-corrected chi connectivity index (χ4v) is 4.44. The third-order valence-electron chi connectivity index (χ3n) is 4.62. The van der Waals surface area contributed by atoms with Gasteiger partial charge in [0, 0.05) is 13.0 Å². The van der Waals surface area contributed by atoms with E-state index in [1.54, 1.807) is 11.5 Å². The van der Waals surface area contributed by atoms with Crippen molar-refractivity contribution in [2.45, 2.75) is 52.6 Å². The first-order valence-electron chi connectivity index (χ1n) is 8.75. The minimum absolute atomic E-state index is 0.0815. The first-order chi connectivity index (χ1) is 12.3. The Morgan fingerprint density at radius 2 is 2.12 bits per heavy atom. The summed E-state index contributed by atoms with van der Waals surface area (Å²) in [6, 6.07) is -0.712. The number of nitrogens with one attached hydrogen (secondary N) is 1. The monoisotopic (exact) mass is 377 g/mol. The summed E-state index contributed by atoms with van der Waals surface area (Å²) in [6.45, 7) is 6.37. The second kappa shape index (κ2) is 7.19. The molecule has 3 rings (SSSR count). The Hall–Kier alpha value is -2.22. The van der Waals surface area contributed by atoms with Crippen LogP contribution in [0.15, 0.2) is 4.79 Å². The van der Waals surface area contributed by atoms with Gasteiger partial charge in [0.1, 0.15) is 16.7 Å². The number of fused-ring (bicyclic) bond motifs is 2. The molecule has 0 saturated carbocycles. The van der Waals surface area contributed by atoms with E-state index in [-0.39, 0.29) is 17.4 Å². The molecule has 2 aromatic heterocycles. The van der Waals surface area contributed by atoms with Crippen LogP contribution in [0.5, 0.6) is 0 Å². The van der Waals surface area contributed by atoms with Gasteiger partial charge < -0.3 is 10.1 Å². The van der Waals surface area contributed by atoms with Crippen LogP contribution in [0.4, 0.5) is 0 Å². The van der Waals surface area contributed by atoms with Crippen LogP contribution in [0.25, 0.3) is 10.2 Å². The number of aryl methyl sites for hydroxylation is 2. The van der Waals surface area contributed by atoms with Crippen LogP contribution in [0.1, 0.15) is 47.7 Å². The van der Waals surface area contributed by atoms with E-state index in [2.05, 4.69) is 10.3 Å². The highest BCUT2D eigenvalue weighted by molar-refractivity contribution is 7.20. The molecule has 1 atom stereocenters. The van der Waals surface area contributed by atoms with E-state index in [4.69, 9.17) is 4.74 Å². The van der Waals surface area contributed by atoms with Crippen molar-refractivity contribution in [3.8, 4) is 0 Å². The number of hydrogen-bond donors (Lipinski definition) is 1. The molecule has 8 heteroatoms. The number of carbonyl (C=O) groups excluding carboxylic acids is 2. The van der Waals surface area contributed by atoms with Crippen LogP contribution >= 0.6 is 11.3 Å². The van der Waals surface area contributed by atoms with E-state index in [0.29, 0.717) is 33.6 Å². The zero-order chi connectivity index (χ0) is 19.0. The zero-order valence-electron chi connectivity index (χ0n) is 15.4. The number of esters is 1. The molecule has 0 saturated heterocycles. The van der Waals surface area contributed by atoms with E-state index < -0.39 is 12.0 Å². The zero-order valence-corrected chi connectivity index (χ0v) is 16.2. The van der Waals surface area contributed by atoms with Gasteiger partial charge in [-0.15, -0.1) is 11.3 Å². The van der Waals surface area contributed by atoms with Crippen molar-refractivity contribution in [1.82, 2.24) is 14.9 Å². The lowest BCUT2D eigenvalue weighted by Crippen LogP contribution is -2.42. The molecule has 3 heterocycles. The van der Waals surface area contributed by atoms with Gasteiger partial charge >= 0.3 is 5.97 Å². The van der Waals surface area contributed by atoms with Crippen LogP contribution in [-0.2, 0) is 22.5 Å². The predicted octanol–water partition coefficient (Wildman–Crippen LogP) is 2.03. The van der Waals surface area contributed by atoms with Crippen LogP contribution in [0, 0.1) is 12.8 Å². The maximum Gasteiger partial charge on any atom is 0.328 e. The van der Waals surface area contributed by atoms with Crippen molar-refractivity contribution in [1.29, 1.82) is 0 Å². The molecule has 0 fully saturated rings. The highest BCUT2D eigenvalue weighted by Gasteiger charge is 2.27. The molecule has 1 aliphatic rings. The number of methoxy groups -OCH3 is 1. The molecule has 1 N–H and O–H groups in total. The van der Waals surface area contributed by atoms with Crippen LogP contribution < -0.4 is 10.9 Å². The average molecular weight is 377 g/mol.